The van der Waals surface area contributed by atoms with Crippen molar-refractivity contribution in [3.63, 3.8) is 0 Å². The predicted molar refractivity (Wildman–Crippen MR) is 94.7 cm³/mol. The van der Waals surface area contributed by atoms with E-state index in [1.807, 2.05) is 5.38 Å². The van der Waals surface area contributed by atoms with Crippen molar-refractivity contribution in [2.24, 2.45) is 0 Å². The third-order valence-electron chi connectivity index (χ3n) is 4.43. The Bertz CT molecular complexity index is 892. The molecule has 0 bridgehead atoms. The molecule has 0 spiro atoms. The number of fused-ring (bicyclic) bond motifs is 1. The molecule has 26 heavy (non-hydrogen) atoms. The molecular formula is C17H19F3N2O2S2. The Morgan fingerprint density at radius 1 is 1.27 bits per heavy atom. The van der Waals surface area contributed by atoms with Gasteiger partial charge in [-0.05, 0) is 48.1 Å². The minimum absolute atomic E-state index is 0.00339. The van der Waals surface area contributed by atoms with Crippen LogP contribution in [0.4, 0.5) is 13.2 Å². The molecule has 2 heterocycles. The van der Waals surface area contributed by atoms with Gasteiger partial charge in [0, 0.05) is 31.1 Å². The van der Waals surface area contributed by atoms with Gasteiger partial charge in [0.05, 0.1) is 10.5 Å². The van der Waals surface area contributed by atoms with Crippen molar-refractivity contribution >= 4 is 21.4 Å². The van der Waals surface area contributed by atoms with Crippen LogP contribution < -0.4 is 4.72 Å². The number of rotatable bonds is 5. The lowest BCUT2D eigenvalue weighted by atomic mass is 10.1. The van der Waals surface area contributed by atoms with Crippen LogP contribution in [-0.2, 0) is 29.2 Å². The number of nitrogens with one attached hydrogen (secondary N) is 1. The summed E-state index contributed by atoms with van der Waals surface area (Å²) in [5.74, 6) is 0. The smallest absolute Gasteiger partial charge is 0.297 e. The van der Waals surface area contributed by atoms with Crippen LogP contribution in [0.5, 0.6) is 0 Å². The zero-order valence-electron chi connectivity index (χ0n) is 14.1. The van der Waals surface area contributed by atoms with E-state index in [-0.39, 0.29) is 17.0 Å². The van der Waals surface area contributed by atoms with Crippen molar-refractivity contribution in [3.05, 3.63) is 51.2 Å². The lowest BCUT2D eigenvalue weighted by molar-refractivity contribution is -0.138. The van der Waals surface area contributed by atoms with Crippen LogP contribution in [0, 0.1) is 6.92 Å². The fraction of sp³-hybridized carbons (Fsp3) is 0.412. The maximum absolute atomic E-state index is 13.0. The van der Waals surface area contributed by atoms with Gasteiger partial charge >= 0.3 is 6.18 Å². The van der Waals surface area contributed by atoms with E-state index >= 15 is 0 Å². The fourth-order valence-electron chi connectivity index (χ4n) is 2.99. The van der Waals surface area contributed by atoms with Gasteiger partial charge in [-0.1, -0.05) is 6.07 Å². The molecule has 1 aliphatic heterocycles. The van der Waals surface area contributed by atoms with Gasteiger partial charge in [0.15, 0.2) is 0 Å². The molecule has 142 valence electrons. The van der Waals surface area contributed by atoms with Crippen molar-refractivity contribution in [3.8, 4) is 0 Å². The summed E-state index contributed by atoms with van der Waals surface area (Å²) in [6.45, 7) is 3.58. The summed E-state index contributed by atoms with van der Waals surface area (Å²) in [5.41, 5.74) is 0.329. The first kappa shape index (κ1) is 19.3. The summed E-state index contributed by atoms with van der Waals surface area (Å²) < 4.78 is 66.0. The summed E-state index contributed by atoms with van der Waals surface area (Å²) in [5, 5.41) is 2.05. The number of thiophene rings is 1. The SMILES string of the molecule is Cc1ccc(S(=O)(=O)NCCN2CCc3sccc3C2)cc1C(F)(F)F. The van der Waals surface area contributed by atoms with Crippen LogP contribution >= 0.6 is 11.3 Å². The molecule has 0 radical (unpaired) electrons. The van der Waals surface area contributed by atoms with Crippen molar-refractivity contribution in [1.82, 2.24) is 9.62 Å². The van der Waals surface area contributed by atoms with Gasteiger partial charge in [-0.3, -0.25) is 4.90 Å². The number of aryl methyl sites for hydroxylation is 1. The third-order valence-corrected chi connectivity index (χ3v) is 6.91. The molecule has 2 aromatic rings. The van der Waals surface area contributed by atoms with Gasteiger partial charge in [-0.25, -0.2) is 13.1 Å². The molecule has 0 aliphatic carbocycles. The lowest BCUT2D eigenvalue weighted by Crippen LogP contribution is -2.37. The Hall–Kier alpha value is -1.42. The van der Waals surface area contributed by atoms with Crippen molar-refractivity contribution in [2.45, 2.75) is 31.0 Å². The molecule has 0 saturated heterocycles. The zero-order valence-corrected chi connectivity index (χ0v) is 15.8. The standard InChI is InChI=1S/C17H19F3N2O2S2/c1-12-2-3-14(10-15(12)17(18,19)20)26(23,24)21-6-8-22-7-4-16-13(11-22)5-9-25-16/h2-3,5,9-10,21H,4,6-8,11H2,1H3. The molecule has 1 aromatic carbocycles. The van der Waals surface area contributed by atoms with Crippen LogP contribution in [-0.4, -0.2) is 33.0 Å². The third kappa shape index (κ3) is 4.28. The van der Waals surface area contributed by atoms with E-state index in [2.05, 4.69) is 15.7 Å². The van der Waals surface area contributed by atoms with Crippen LogP contribution in [0.15, 0.2) is 34.5 Å². The van der Waals surface area contributed by atoms with E-state index < -0.39 is 21.8 Å². The topological polar surface area (TPSA) is 49.4 Å². The first-order chi connectivity index (χ1) is 12.2. The minimum atomic E-state index is -4.58. The summed E-state index contributed by atoms with van der Waals surface area (Å²) in [6, 6.07) is 5.14. The maximum atomic E-state index is 13.0. The van der Waals surface area contributed by atoms with Crippen LogP contribution in [0.1, 0.15) is 21.6 Å². The monoisotopic (exact) mass is 404 g/mol. The van der Waals surface area contributed by atoms with E-state index in [0.29, 0.717) is 12.6 Å². The Morgan fingerprint density at radius 2 is 2.04 bits per heavy atom. The molecule has 9 heteroatoms. The van der Waals surface area contributed by atoms with Gasteiger partial charge < -0.3 is 0 Å². The van der Waals surface area contributed by atoms with Crippen LogP contribution in [0.3, 0.4) is 0 Å². The lowest BCUT2D eigenvalue weighted by Gasteiger charge is -2.26. The molecule has 1 aliphatic rings. The molecule has 0 atom stereocenters. The molecule has 0 saturated carbocycles. The van der Waals surface area contributed by atoms with E-state index in [1.54, 1.807) is 11.3 Å². The van der Waals surface area contributed by atoms with Crippen LogP contribution in [0.25, 0.3) is 0 Å². The molecular weight excluding hydrogens is 385 g/mol. The van der Waals surface area contributed by atoms with E-state index in [4.69, 9.17) is 0 Å². The first-order valence-electron chi connectivity index (χ1n) is 8.12. The predicted octanol–water partition coefficient (Wildman–Crippen LogP) is 3.41. The number of sulfonamides is 1. The first-order valence-corrected chi connectivity index (χ1v) is 10.5. The number of halogens is 3. The molecule has 3 rings (SSSR count). The number of alkyl halides is 3. The normalized spacial score (nSPS) is 15.8. The molecule has 0 unspecified atom stereocenters. The van der Waals surface area contributed by atoms with Gasteiger partial charge in [-0.2, -0.15) is 13.2 Å². The second-order valence-electron chi connectivity index (χ2n) is 6.27. The number of nitrogens with zero attached hydrogens (tertiary/aromatic N) is 1. The summed E-state index contributed by atoms with van der Waals surface area (Å²) in [7, 11) is -3.98. The summed E-state index contributed by atoms with van der Waals surface area (Å²) in [6.07, 6.45) is -3.64. The highest BCUT2D eigenvalue weighted by molar-refractivity contribution is 7.89. The number of benzene rings is 1. The van der Waals surface area contributed by atoms with Gasteiger partial charge in [0.1, 0.15) is 0 Å². The van der Waals surface area contributed by atoms with Crippen molar-refractivity contribution in [1.29, 1.82) is 0 Å². The fourth-order valence-corrected chi connectivity index (χ4v) is 4.93. The Balaban J connectivity index is 1.63. The largest absolute Gasteiger partial charge is 0.416 e. The highest BCUT2D eigenvalue weighted by Crippen LogP contribution is 2.33. The summed E-state index contributed by atoms with van der Waals surface area (Å²) >= 11 is 1.73. The highest BCUT2D eigenvalue weighted by Gasteiger charge is 2.33. The maximum Gasteiger partial charge on any atom is 0.416 e. The molecule has 1 aromatic heterocycles. The Kier molecular flexibility index (Phi) is 5.43. The molecule has 0 fully saturated rings. The zero-order chi connectivity index (χ0) is 18.9. The van der Waals surface area contributed by atoms with Gasteiger partial charge in [0.2, 0.25) is 10.0 Å². The molecule has 0 amide bonds. The second kappa shape index (κ2) is 7.30. The molecule has 1 N–H and O–H groups in total. The van der Waals surface area contributed by atoms with E-state index in [1.165, 1.54) is 29.5 Å². The molecule has 4 nitrogen and oxygen atoms in total. The highest BCUT2D eigenvalue weighted by atomic mass is 32.2. The van der Waals surface area contributed by atoms with Crippen molar-refractivity contribution in [2.75, 3.05) is 19.6 Å². The van der Waals surface area contributed by atoms with Gasteiger partial charge in [0.25, 0.3) is 0 Å². The minimum Gasteiger partial charge on any atom is -0.297 e. The van der Waals surface area contributed by atoms with Crippen LogP contribution in [0.2, 0.25) is 0 Å². The van der Waals surface area contributed by atoms with E-state index in [9.17, 15) is 21.6 Å². The Morgan fingerprint density at radius 3 is 2.77 bits per heavy atom. The second-order valence-corrected chi connectivity index (χ2v) is 9.04. The Labute approximate surface area is 154 Å². The van der Waals surface area contributed by atoms with E-state index in [0.717, 1.165) is 19.5 Å². The van der Waals surface area contributed by atoms with Gasteiger partial charge in [-0.15, -0.1) is 11.3 Å². The average molecular weight is 404 g/mol. The number of hydrogen-bond acceptors (Lipinski definition) is 4. The van der Waals surface area contributed by atoms with Crippen molar-refractivity contribution < 1.29 is 21.6 Å². The number of hydrogen-bond donors (Lipinski definition) is 1. The summed E-state index contributed by atoms with van der Waals surface area (Å²) in [4.78, 5) is 3.13. The quantitative estimate of drug-likeness (QED) is 0.831. The average Bonchev–Trinajstić information content (AvgIpc) is 3.01.